The molecule has 30 heavy (non-hydrogen) atoms. The second-order valence-electron chi connectivity index (χ2n) is 6.64. The zero-order chi connectivity index (χ0) is 21.0. The summed E-state index contributed by atoms with van der Waals surface area (Å²) in [5, 5.41) is 11.9. The number of rotatable bonds is 3. The molecule has 1 aromatic carbocycles. The molecule has 2 aromatic heterocycles. The number of hydrogen-bond donors (Lipinski definition) is 3. The van der Waals surface area contributed by atoms with Crippen molar-refractivity contribution in [1.82, 2.24) is 19.5 Å². The van der Waals surface area contributed by atoms with Gasteiger partial charge in [-0.05, 0) is 24.3 Å². The largest absolute Gasteiger partial charge is 0.472 e. The molecule has 5 rings (SSSR count). The molecule has 3 aromatic rings. The molecule has 0 amide bonds. The summed E-state index contributed by atoms with van der Waals surface area (Å²) in [5.74, 6) is 0.168. The van der Waals surface area contributed by atoms with Gasteiger partial charge < -0.3 is 20.5 Å². The van der Waals surface area contributed by atoms with Crippen LogP contribution in [0.4, 0.5) is 5.82 Å². The maximum Gasteiger partial charge on any atom is 0.472 e. The molecule has 0 aliphatic carbocycles. The molecule has 11 nitrogen and oxygen atoms in total. The highest BCUT2D eigenvalue weighted by molar-refractivity contribution is 7.99. The Hall–Kier alpha value is -1.76. The Morgan fingerprint density at radius 2 is 2.07 bits per heavy atom. The van der Waals surface area contributed by atoms with Crippen molar-refractivity contribution in [3.8, 4) is 0 Å². The summed E-state index contributed by atoms with van der Waals surface area (Å²) in [6, 6.07) is 7.11. The van der Waals surface area contributed by atoms with Crippen LogP contribution in [0.3, 0.4) is 0 Å². The summed E-state index contributed by atoms with van der Waals surface area (Å²) in [6.45, 7) is -0.199. The summed E-state index contributed by atoms with van der Waals surface area (Å²) in [7, 11) is -4.25. The fourth-order valence-electron chi connectivity index (χ4n) is 3.36. The van der Waals surface area contributed by atoms with E-state index in [-0.39, 0.29) is 12.4 Å². The second kappa shape index (κ2) is 7.43. The predicted molar refractivity (Wildman–Crippen MR) is 106 cm³/mol. The van der Waals surface area contributed by atoms with Crippen molar-refractivity contribution in [3.05, 3.63) is 35.6 Å². The number of benzene rings is 1. The predicted octanol–water partition coefficient (Wildman–Crippen LogP) is 1.99. The Labute approximate surface area is 178 Å². The number of ether oxygens (including phenoxy) is 1. The highest BCUT2D eigenvalue weighted by Gasteiger charge is 2.53. The maximum absolute atomic E-state index is 11.8. The number of halogens is 1. The number of phosphoric ester groups is 1. The van der Waals surface area contributed by atoms with E-state index in [1.54, 1.807) is 16.7 Å². The third kappa shape index (κ3) is 3.49. The van der Waals surface area contributed by atoms with Crippen LogP contribution in [-0.2, 0) is 18.3 Å². The van der Waals surface area contributed by atoms with E-state index in [2.05, 4.69) is 15.0 Å². The van der Waals surface area contributed by atoms with E-state index in [4.69, 9.17) is 31.1 Å². The van der Waals surface area contributed by atoms with E-state index in [1.165, 1.54) is 18.1 Å². The molecular weight excluding hydrogens is 457 g/mol. The second-order valence-corrected chi connectivity index (χ2v) is 9.52. The molecule has 0 bridgehead atoms. The topological polar surface area (TPSA) is 155 Å². The third-order valence-electron chi connectivity index (χ3n) is 4.72. The zero-order valence-corrected chi connectivity index (χ0v) is 17.5. The first-order valence-electron chi connectivity index (χ1n) is 8.73. The minimum atomic E-state index is -4.25. The van der Waals surface area contributed by atoms with Gasteiger partial charge in [-0.1, -0.05) is 23.4 Å². The van der Waals surface area contributed by atoms with Crippen molar-refractivity contribution in [2.45, 2.75) is 34.6 Å². The molecule has 2 fully saturated rings. The van der Waals surface area contributed by atoms with Crippen LogP contribution in [0.1, 0.15) is 6.23 Å². The van der Waals surface area contributed by atoms with Gasteiger partial charge in [-0.25, -0.2) is 19.5 Å². The summed E-state index contributed by atoms with van der Waals surface area (Å²) < 4.78 is 29.1. The summed E-state index contributed by atoms with van der Waals surface area (Å²) in [6.07, 6.45) is -2.80. The normalized spacial score (nSPS) is 31.2. The van der Waals surface area contributed by atoms with Crippen LogP contribution < -0.4 is 5.73 Å². The summed E-state index contributed by atoms with van der Waals surface area (Å²) in [4.78, 5) is 23.2. The van der Waals surface area contributed by atoms with Crippen LogP contribution in [0.5, 0.6) is 0 Å². The van der Waals surface area contributed by atoms with Gasteiger partial charge in [0.1, 0.15) is 24.6 Å². The lowest BCUT2D eigenvalue weighted by Crippen LogP contribution is -2.39. The van der Waals surface area contributed by atoms with Crippen LogP contribution in [0.25, 0.3) is 11.2 Å². The van der Waals surface area contributed by atoms with E-state index in [1.807, 2.05) is 12.1 Å². The number of nitrogens with zero attached hydrogens (tertiary/aromatic N) is 4. The van der Waals surface area contributed by atoms with E-state index in [9.17, 15) is 14.6 Å². The lowest BCUT2D eigenvalue weighted by Gasteiger charge is -2.27. The number of nitrogens with two attached hydrogens (primary N) is 1. The first-order valence-corrected chi connectivity index (χ1v) is 11.4. The molecule has 4 heterocycles. The van der Waals surface area contributed by atoms with E-state index in [0.717, 1.165) is 4.90 Å². The fraction of sp³-hybridized carbons (Fsp3) is 0.312. The lowest BCUT2D eigenvalue weighted by atomic mass is 10.1. The smallest absolute Gasteiger partial charge is 0.386 e. The number of aliphatic hydroxyl groups is 1. The standard InChI is InChI=1S/C16H15ClN5O6PS/c17-7-1-3-8(4-2-7)30-16-21-10-13(18)19-6-20-14(10)22(16)15-11(23)12-9(27-15)5-26-29(24,25)28-12/h1-4,6,9,11-12,15,23H,5H2,(H,24,25)(H2,18,19,20)/t9?,11-,12?,15?/m0/s1. The number of phosphoric acid groups is 1. The third-order valence-corrected chi connectivity index (χ3v) is 6.93. The Morgan fingerprint density at radius 3 is 2.83 bits per heavy atom. The average molecular weight is 472 g/mol. The molecular formula is C16H15ClN5O6PS. The molecule has 2 aliphatic heterocycles. The van der Waals surface area contributed by atoms with Gasteiger partial charge in [0.25, 0.3) is 0 Å². The van der Waals surface area contributed by atoms with Gasteiger partial charge in [-0.2, -0.15) is 0 Å². The van der Waals surface area contributed by atoms with Gasteiger partial charge in [0, 0.05) is 9.92 Å². The molecule has 0 spiro atoms. The van der Waals surface area contributed by atoms with Crippen LogP contribution in [0.15, 0.2) is 40.6 Å². The van der Waals surface area contributed by atoms with E-state index >= 15 is 0 Å². The number of nitrogen functional groups attached to an aromatic ring is 1. The van der Waals surface area contributed by atoms with E-state index < -0.39 is 32.4 Å². The zero-order valence-electron chi connectivity index (χ0n) is 15.0. The van der Waals surface area contributed by atoms with E-state index in [0.29, 0.717) is 21.3 Å². The van der Waals surface area contributed by atoms with Gasteiger partial charge >= 0.3 is 7.82 Å². The molecule has 0 saturated carbocycles. The molecule has 14 heteroatoms. The average Bonchev–Trinajstić information content (AvgIpc) is 3.21. The van der Waals surface area contributed by atoms with Gasteiger partial charge in [0.15, 0.2) is 28.4 Å². The quantitative estimate of drug-likeness (QED) is 0.480. The number of anilines is 1. The van der Waals surface area contributed by atoms with Crippen LogP contribution >= 0.6 is 31.2 Å². The minimum absolute atomic E-state index is 0.168. The molecule has 2 saturated heterocycles. The van der Waals surface area contributed by atoms with Gasteiger partial charge in [-0.15, -0.1) is 0 Å². The monoisotopic (exact) mass is 471 g/mol. The van der Waals surface area contributed by atoms with Gasteiger partial charge in [0.2, 0.25) is 0 Å². The van der Waals surface area contributed by atoms with Crippen LogP contribution in [-0.4, -0.2) is 54.4 Å². The Kier molecular flexibility index (Phi) is 4.99. The first-order chi connectivity index (χ1) is 14.3. The van der Waals surface area contributed by atoms with Crippen molar-refractivity contribution in [2.75, 3.05) is 12.3 Å². The molecule has 158 valence electrons. The molecule has 5 atom stereocenters. The number of aliphatic hydroxyl groups excluding tert-OH is 1. The Morgan fingerprint density at radius 1 is 1.30 bits per heavy atom. The molecule has 2 aliphatic rings. The van der Waals surface area contributed by atoms with Crippen molar-refractivity contribution < 1.29 is 28.3 Å². The molecule has 0 radical (unpaired) electrons. The number of hydrogen-bond acceptors (Lipinski definition) is 10. The summed E-state index contributed by atoms with van der Waals surface area (Å²) >= 11 is 7.24. The SMILES string of the molecule is Nc1ncnc2c1nc(Sc1ccc(Cl)cc1)n2C1OC2COP(=O)(O)OC2[C@@H]1O. The number of aromatic nitrogens is 4. The van der Waals surface area contributed by atoms with Crippen molar-refractivity contribution in [3.63, 3.8) is 0 Å². The highest BCUT2D eigenvalue weighted by Crippen LogP contribution is 2.53. The van der Waals surface area contributed by atoms with Crippen LogP contribution in [0.2, 0.25) is 5.02 Å². The summed E-state index contributed by atoms with van der Waals surface area (Å²) in [5.41, 5.74) is 6.65. The first kappa shape index (κ1) is 20.2. The van der Waals surface area contributed by atoms with Crippen molar-refractivity contribution >= 4 is 48.2 Å². The Balaban J connectivity index is 1.58. The van der Waals surface area contributed by atoms with Crippen LogP contribution in [0, 0.1) is 0 Å². The lowest BCUT2D eigenvalue weighted by molar-refractivity contribution is -0.0684. The number of fused-ring (bicyclic) bond motifs is 2. The molecule has 4 N–H and O–H groups in total. The van der Waals surface area contributed by atoms with Crippen molar-refractivity contribution in [2.24, 2.45) is 0 Å². The fourth-order valence-corrected chi connectivity index (χ4v) is 5.36. The van der Waals surface area contributed by atoms with Crippen molar-refractivity contribution in [1.29, 1.82) is 0 Å². The van der Waals surface area contributed by atoms with Gasteiger partial charge in [0.05, 0.1) is 6.61 Å². The highest BCUT2D eigenvalue weighted by atomic mass is 35.5. The number of imidazole rings is 1. The Bertz CT molecular complexity index is 1160. The minimum Gasteiger partial charge on any atom is -0.386 e. The van der Waals surface area contributed by atoms with Gasteiger partial charge in [-0.3, -0.25) is 13.6 Å². The molecule has 4 unspecified atom stereocenters. The maximum atomic E-state index is 11.8.